The standard InChI is InChI=1S/C12H18BrNO2/c1-12(2,14)7-8-5-9(15-3)6-10(13)11(8)16-4/h5-6H,7,14H2,1-4H3. The largest absolute Gasteiger partial charge is 0.497 e. The van der Waals surface area contributed by atoms with E-state index in [1.54, 1.807) is 14.2 Å². The number of nitrogens with two attached hydrogens (primary N) is 1. The first-order valence-electron chi connectivity index (χ1n) is 5.06. The van der Waals surface area contributed by atoms with Gasteiger partial charge in [-0.3, -0.25) is 0 Å². The van der Waals surface area contributed by atoms with Crippen LogP contribution < -0.4 is 15.2 Å². The van der Waals surface area contributed by atoms with E-state index in [2.05, 4.69) is 15.9 Å². The Bertz CT molecular complexity index is 372. The van der Waals surface area contributed by atoms with Gasteiger partial charge in [0.2, 0.25) is 0 Å². The van der Waals surface area contributed by atoms with Crippen molar-refractivity contribution in [1.29, 1.82) is 0 Å². The average molecular weight is 288 g/mol. The number of halogens is 1. The normalized spacial score (nSPS) is 11.4. The summed E-state index contributed by atoms with van der Waals surface area (Å²) in [6, 6.07) is 3.84. The average Bonchev–Trinajstić information content (AvgIpc) is 2.14. The lowest BCUT2D eigenvalue weighted by molar-refractivity contribution is 0.390. The molecule has 4 heteroatoms. The van der Waals surface area contributed by atoms with E-state index >= 15 is 0 Å². The van der Waals surface area contributed by atoms with Crippen molar-refractivity contribution in [3.05, 3.63) is 22.2 Å². The second-order valence-corrected chi connectivity index (χ2v) is 5.32. The molecule has 0 amide bonds. The molecule has 0 saturated carbocycles. The summed E-state index contributed by atoms with van der Waals surface area (Å²) in [5.74, 6) is 1.62. The molecule has 1 aromatic carbocycles. The Kier molecular flexibility index (Phi) is 4.21. The maximum atomic E-state index is 6.02. The molecule has 0 atom stereocenters. The number of methoxy groups -OCH3 is 2. The molecule has 0 saturated heterocycles. The monoisotopic (exact) mass is 287 g/mol. The molecule has 0 unspecified atom stereocenters. The van der Waals surface area contributed by atoms with Gasteiger partial charge in [-0.25, -0.2) is 0 Å². The fourth-order valence-electron chi connectivity index (χ4n) is 1.59. The molecule has 0 radical (unpaired) electrons. The predicted octanol–water partition coefficient (Wildman–Crippen LogP) is 2.75. The summed E-state index contributed by atoms with van der Waals surface area (Å²) in [5, 5.41) is 0. The lowest BCUT2D eigenvalue weighted by Gasteiger charge is -2.21. The van der Waals surface area contributed by atoms with Gasteiger partial charge in [-0.05, 0) is 48.3 Å². The van der Waals surface area contributed by atoms with E-state index in [1.165, 1.54) is 0 Å². The summed E-state index contributed by atoms with van der Waals surface area (Å²) in [4.78, 5) is 0. The zero-order valence-corrected chi connectivity index (χ0v) is 11.7. The zero-order chi connectivity index (χ0) is 12.3. The number of benzene rings is 1. The summed E-state index contributed by atoms with van der Waals surface area (Å²) in [5.41, 5.74) is 6.79. The first-order valence-corrected chi connectivity index (χ1v) is 5.86. The van der Waals surface area contributed by atoms with Crippen molar-refractivity contribution >= 4 is 15.9 Å². The zero-order valence-electron chi connectivity index (χ0n) is 10.1. The Labute approximate surface area is 105 Å². The van der Waals surface area contributed by atoms with Gasteiger partial charge in [-0.2, -0.15) is 0 Å². The summed E-state index contributed by atoms with van der Waals surface area (Å²) in [6.07, 6.45) is 0.728. The van der Waals surface area contributed by atoms with Gasteiger partial charge in [0, 0.05) is 11.1 Å². The number of ether oxygens (including phenoxy) is 2. The molecule has 16 heavy (non-hydrogen) atoms. The number of hydrogen-bond acceptors (Lipinski definition) is 3. The van der Waals surface area contributed by atoms with Crippen molar-refractivity contribution in [3.63, 3.8) is 0 Å². The van der Waals surface area contributed by atoms with Gasteiger partial charge in [0.1, 0.15) is 11.5 Å². The first kappa shape index (κ1) is 13.3. The molecule has 0 bridgehead atoms. The van der Waals surface area contributed by atoms with Crippen LogP contribution in [0, 0.1) is 0 Å². The maximum absolute atomic E-state index is 6.02. The second kappa shape index (κ2) is 5.06. The van der Waals surface area contributed by atoms with Crippen LogP contribution in [0.15, 0.2) is 16.6 Å². The van der Waals surface area contributed by atoms with E-state index < -0.39 is 0 Å². The lowest BCUT2D eigenvalue weighted by atomic mass is 9.95. The Morgan fingerprint density at radius 2 is 1.88 bits per heavy atom. The van der Waals surface area contributed by atoms with Crippen molar-refractivity contribution < 1.29 is 9.47 Å². The Hall–Kier alpha value is -0.740. The van der Waals surface area contributed by atoms with Crippen LogP contribution in [0.2, 0.25) is 0 Å². The van der Waals surface area contributed by atoms with Gasteiger partial charge >= 0.3 is 0 Å². The molecule has 0 heterocycles. The van der Waals surface area contributed by atoms with Crippen LogP contribution in [0.1, 0.15) is 19.4 Å². The Morgan fingerprint density at radius 1 is 1.25 bits per heavy atom. The molecule has 1 rings (SSSR count). The van der Waals surface area contributed by atoms with Crippen molar-refractivity contribution in [3.8, 4) is 11.5 Å². The molecular weight excluding hydrogens is 270 g/mol. The minimum absolute atomic E-state index is 0.279. The highest BCUT2D eigenvalue weighted by Crippen LogP contribution is 2.35. The highest BCUT2D eigenvalue weighted by Gasteiger charge is 2.17. The van der Waals surface area contributed by atoms with Gasteiger partial charge in [0.15, 0.2) is 0 Å². The summed E-state index contributed by atoms with van der Waals surface area (Å²) in [6.45, 7) is 3.97. The molecule has 0 aliphatic carbocycles. The van der Waals surface area contributed by atoms with Crippen molar-refractivity contribution in [2.75, 3.05) is 14.2 Å². The molecule has 0 aromatic heterocycles. The molecule has 1 aromatic rings. The summed E-state index contributed by atoms with van der Waals surface area (Å²) >= 11 is 3.46. The lowest BCUT2D eigenvalue weighted by Crippen LogP contribution is -2.34. The fraction of sp³-hybridized carbons (Fsp3) is 0.500. The minimum Gasteiger partial charge on any atom is -0.497 e. The SMILES string of the molecule is COc1cc(Br)c(OC)c(CC(C)(C)N)c1. The maximum Gasteiger partial charge on any atom is 0.136 e. The molecule has 0 spiro atoms. The Morgan fingerprint density at radius 3 is 2.31 bits per heavy atom. The molecule has 2 N–H and O–H groups in total. The van der Waals surface area contributed by atoms with Crippen molar-refractivity contribution in [1.82, 2.24) is 0 Å². The van der Waals surface area contributed by atoms with Crippen LogP contribution in [0.25, 0.3) is 0 Å². The highest BCUT2D eigenvalue weighted by atomic mass is 79.9. The number of rotatable bonds is 4. The molecule has 90 valence electrons. The first-order chi connectivity index (χ1) is 7.37. The van der Waals surface area contributed by atoms with Gasteiger partial charge in [-0.15, -0.1) is 0 Å². The van der Waals surface area contributed by atoms with E-state index in [0.29, 0.717) is 0 Å². The third-order valence-electron chi connectivity index (χ3n) is 2.18. The minimum atomic E-state index is -0.279. The van der Waals surface area contributed by atoms with E-state index in [0.717, 1.165) is 28.0 Å². The molecule has 3 nitrogen and oxygen atoms in total. The smallest absolute Gasteiger partial charge is 0.136 e. The predicted molar refractivity (Wildman–Crippen MR) is 69.2 cm³/mol. The van der Waals surface area contributed by atoms with Crippen LogP contribution in [0.3, 0.4) is 0 Å². The van der Waals surface area contributed by atoms with E-state index in [4.69, 9.17) is 15.2 Å². The van der Waals surface area contributed by atoms with Crippen LogP contribution in [-0.2, 0) is 6.42 Å². The van der Waals surface area contributed by atoms with Gasteiger partial charge in [0.05, 0.1) is 18.7 Å². The molecule has 0 aliphatic heterocycles. The highest BCUT2D eigenvalue weighted by molar-refractivity contribution is 9.10. The second-order valence-electron chi connectivity index (χ2n) is 4.47. The fourth-order valence-corrected chi connectivity index (χ4v) is 2.23. The van der Waals surface area contributed by atoms with E-state index in [1.807, 2.05) is 26.0 Å². The van der Waals surface area contributed by atoms with Crippen LogP contribution in [0.5, 0.6) is 11.5 Å². The van der Waals surface area contributed by atoms with Crippen LogP contribution in [0.4, 0.5) is 0 Å². The Balaban J connectivity index is 3.18. The van der Waals surface area contributed by atoms with Crippen molar-refractivity contribution in [2.24, 2.45) is 5.73 Å². The molecular formula is C12H18BrNO2. The van der Waals surface area contributed by atoms with Crippen LogP contribution >= 0.6 is 15.9 Å². The summed E-state index contributed by atoms with van der Waals surface area (Å²) < 4.78 is 11.5. The summed E-state index contributed by atoms with van der Waals surface area (Å²) in [7, 11) is 3.30. The quantitative estimate of drug-likeness (QED) is 0.926. The van der Waals surface area contributed by atoms with Gasteiger partial charge in [0.25, 0.3) is 0 Å². The van der Waals surface area contributed by atoms with Crippen LogP contribution in [-0.4, -0.2) is 19.8 Å². The molecule has 0 fully saturated rings. The number of hydrogen-bond donors (Lipinski definition) is 1. The third kappa shape index (κ3) is 3.39. The topological polar surface area (TPSA) is 44.5 Å². The third-order valence-corrected chi connectivity index (χ3v) is 2.77. The van der Waals surface area contributed by atoms with Gasteiger partial charge < -0.3 is 15.2 Å². The molecule has 0 aliphatic rings. The van der Waals surface area contributed by atoms with Crippen molar-refractivity contribution in [2.45, 2.75) is 25.8 Å². The van der Waals surface area contributed by atoms with E-state index in [-0.39, 0.29) is 5.54 Å². The van der Waals surface area contributed by atoms with Gasteiger partial charge in [-0.1, -0.05) is 0 Å². The van der Waals surface area contributed by atoms with E-state index in [9.17, 15) is 0 Å².